The van der Waals surface area contributed by atoms with Crippen LogP contribution in [0.2, 0.25) is 0 Å². The second-order valence-electron chi connectivity index (χ2n) is 5.61. The third kappa shape index (κ3) is 3.51. The van der Waals surface area contributed by atoms with Crippen LogP contribution in [0.25, 0.3) is 0 Å². The first kappa shape index (κ1) is 13.0. The molecule has 1 aliphatic rings. The van der Waals surface area contributed by atoms with E-state index in [2.05, 4.69) is 5.32 Å². The molecule has 0 unspecified atom stereocenters. The molecular weight excluding hydrogens is 206 g/mol. The van der Waals surface area contributed by atoms with Crippen molar-refractivity contribution in [3.05, 3.63) is 0 Å². The molecule has 4 nitrogen and oxygen atoms in total. The number of carboxylic acids is 1. The highest BCUT2D eigenvalue weighted by molar-refractivity contribution is 5.81. The fraction of sp³-hybridized carbons (Fsp3) is 0.833. The van der Waals surface area contributed by atoms with Gasteiger partial charge in [-0.05, 0) is 25.7 Å². The molecule has 0 aliphatic heterocycles. The van der Waals surface area contributed by atoms with Crippen molar-refractivity contribution >= 4 is 11.9 Å². The van der Waals surface area contributed by atoms with Crippen LogP contribution < -0.4 is 5.32 Å². The fourth-order valence-corrected chi connectivity index (χ4v) is 1.89. The predicted octanol–water partition coefficient (Wildman–Crippen LogP) is 1.79. The maximum atomic E-state index is 11.7. The molecule has 0 radical (unpaired) electrons. The third-order valence-electron chi connectivity index (χ3n) is 3.09. The van der Waals surface area contributed by atoms with E-state index in [0.29, 0.717) is 12.8 Å². The minimum absolute atomic E-state index is 0.0475. The van der Waals surface area contributed by atoms with Gasteiger partial charge in [0.05, 0.1) is 5.92 Å². The number of hydrogen-bond donors (Lipinski definition) is 2. The summed E-state index contributed by atoms with van der Waals surface area (Å²) in [5, 5.41) is 11.8. The van der Waals surface area contributed by atoms with Crippen LogP contribution in [-0.2, 0) is 9.59 Å². The minimum Gasteiger partial charge on any atom is -0.481 e. The molecule has 0 atom stereocenters. The van der Waals surface area contributed by atoms with E-state index in [1.54, 1.807) is 0 Å². The van der Waals surface area contributed by atoms with Crippen LogP contribution in [0.5, 0.6) is 0 Å². The summed E-state index contributed by atoms with van der Waals surface area (Å²) in [5.74, 6) is -0.880. The number of rotatable bonds is 2. The van der Waals surface area contributed by atoms with Crippen molar-refractivity contribution in [2.45, 2.75) is 52.5 Å². The number of nitrogens with one attached hydrogen (secondary N) is 1. The van der Waals surface area contributed by atoms with Crippen molar-refractivity contribution in [3.63, 3.8) is 0 Å². The smallest absolute Gasteiger partial charge is 0.306 e. The van der Waals surface area contributed by atoms with Crippen LogP contribution in [0, 0.1) is 11.3 Å². The molecule has 4 heteroatoms. The number of carbonyl (C=O) groups is 2. The average Bonchev–Trinajstić information content (AvgIpc) is 2.17. The first-order chi connectivity index (χ1) is 7.30. The van der Waals surface area contributed by atoms with E-state index < -0.39 is 5.97 Å². The van der Waals surface area contributed by atoms with Crippen LogP contribution in [-0.4, -0.2) is 23.0 Å². The molecule has 0 aromatic rings. The van der Waals surface area contributed by atoms with Gasteiger partial charge in [-0.2, -0.15) is 0 Å². The van der Waals surface area contributed by atoms with Crippen molar-refractivity contribution in [3.8, 4) is 0 Å². The van der Waals surface area contributed by atoms with Gasteiger partial charge in [-0.3, -0.25) is 9.59 Å². The van der Waals surface area contributed by atoms with E-state index in [-0.39, 0.29) is 23.3 Å². The average molecular weight is 227 g/mol. The van der Waals surface area contributed by atoms with Crippen molar-refractivity contribution in [1.82, 2.24) is 5.32 Å². The Morgan fingerprint density at radius 3 is 2.00 bits per heavy atom. The molecule has 1 fully saturated rings. The van der Waals surface area contributed by atoms with E-state index >= 15 is 0 Å². The van der Waals surface area contributed by atoms with Crippen LogP contribution in [0.1, 0.15) is 46.5 Å². The summed E-state index contributed by atoms with van der Waals surface area (Å²) in [6, 6.07) is 0.155. The molecule has 2 N–H and O–H groups in total. The zero-order valence-electron chi connectivity index (χ0n) is 10.2. The molecule has 0 aromatic heterocycles. The molecule has 1 amide bonds. The number of hydrogen-bond acceptors (Lipinski definition) is 2. The lowest BCUT2D eigenvalue weighted by Crippen LogP contribution is -2.43. The molecule has 0 spiro atoms. The van der Waals surface area contributed by atoms with E-state index in [9.17, 15) is 9.59 Å². The molecule has 0 saturated heterocycles. The van der Waals surface area contributed by atoms with Gasteiger partial charge in [-0.15, -0.1) is 0 Å². The lowest BCUT2D eigenvalue weighted by molar-refractivity contribution is -0.142. The molecule has 16 heavy (non-hydrogen) atoms. The summed E-state index contributed by atoms with van der Waals surface area (Å²) in [7, 11) is 0. The lowest BCUT2D eigenvalue weighted by atomic mass is 9.85. The Hall–Kier alpha value is -1.06. The number of amides is 1. The first-order valence-electron chi connectivity index (χ1n) is 5.84. The van der Waals surface area contributed by atoms with Crippen molar-refractivity contribution in [2.24, 2.45) is 11.3 Å². The Morgan fingerprint density at radius 2 is 1.62 bits per heavy atom. The minimum atomic E-state index is -0.708. The standard InChI is InChI=1S/C12H21NO3/c1-12(2,3)11(16)13-9-6-4-8(5-7-9)10(14)15/h8-9H,4-7H2,1-3H3,(H,13,16)(H,14,15). The second kappa shape index (κ2) is 4.85. The van der Waals surface area contributed by atoms with Crippen LogP contribution in [0.4, 0.5) is 0 Å². The molecular formula is C12H21NO3. The van der Waals surface area contributed by atoms with Crippen molar-refractivity contribution < 1.29 is 14.7 Å². The molecule has 0 bridgehead atoms. The van der Waals surface area contributed by atoms with Gasteiger partial charge in [0.1, 0.15) is 0 Å². The third-order valence-corrected chi connectivity index (χ3v) is 3.09. The Morgan fingerprint density at radius 1 is 1.12 bits per heavy atom. The summed E-state index contributed by atoms with van der Waals surface area (Å²) >= 11 is 0. The largest absolute Gasteiger partial charge is 0.481 e. The van der Waals surface area contributed by atoms with Gasteiger partial charge in [-0.25, -0.2) is 0 Å². The van der Waals surface area contributed by atoms with Crippen molar-refractivity contribution in [1.29, 1.82) is 0 Å². The summed E-state index contributed by atoms with van der Waals surface area (Å²) in [5.41, 5.74) is -0.371. The highest BCUT2D eigenvalue weighted by Crippen LogP contribution is 2.25. The van der Waals surface area contributed by atoms with E-state index in [1.807, 2.05) is 20.8 Å². The Bertz CT molecular complexity index is 272. The Kier molecular flexibility index (Phi) is 3.94. The van der Waals surface area contributed by atoms with Crippen LogP contribution in [0.3, 0.4) is 0 Å². The molecule has 1 aliphatic carbocycles. The number of carbonyl (C=O) groups excluding carboxylic acids is 1. The summed E-state index contributed by atoms with van der Waals surface area (Å²) < 4.78 is 0. The first-order valence-corrected chi connectivity index (χ1v) is 5.84. The van der Waals surface area contributed by atoms with Gasteiger partial charge in [-0.1, -0.05) is 20.8 Å². The van der Waals surface area contributed by atoms with E-state index in [1.165, 1.54) is 0 Å². The van der Waals surface area contributed by atoms with E-state index in [0.717, 1.165) is 12.8 Å². The summed E-state index contributed by atoms with van der Waals surface area (Å²) in [6.45, 7) is 5.64. The SMILES string of the molecule is CC(C)(C)C(=O)NC1CCC(C(=O)O)CC1. The lowest BCUT2D eigenvalue weighted by Gasteiger charge is -2.29. The van der Waals surface area contributed by atoms with Crippen LogP contribution >= 0.6 is 0 Å². The second-order valence-corrected chi connectivity index (χ2v) is 5.61. The maximum absolute atomic E-state index is 11.7. The summed E-state index contributed by atoms with van der Waals surface area (Å²) in [4.78, 5) is 22.5. The number of aliphatic carboxylic acids is 1. The van der Waals surface area contributed by atoms with Gasteiger partial charge >= 0.3 is 5.97 Å². The molecule has 1 rings (SSSR count). The normalized spacial score (nSPS) is 26.2. The van der Waals surface area contributed by atoms with Crippen LogP contribution in [0.15, 0.2) is 0 Å². The zero-order chi connectivity index (χ0) is 12.3. The topological polar surface area (TPSA) is 66.4 Å². The van der Waals surface area contributed by atoms with Gasteiger partial charge in [0, 0.05) is 11.5 Å². The van der Waals surface area contributed by atoms with Gasteiger partial charge in [0.2, 0.25) is 5.91 Å². The zero-order valence-corrected chi connectivity index (χ0v) is 10.2. The predicted molar refractivity (Wildman–Crippen MR) is 61.0 cm³/mol. The quantitative estimate of drug-likeness (QED) is 0.755. The van der Waals surface area contributed by atoms with Gasteiger partial charge < -0.3 is 10.4 Å². The van der Waals surface area contributed by atoms with Gasteiger partial charge in [0.15, 0.2) is 0 Å². The summed E-state index contributed by atoms with van der Waals surface area (Å²) in [6.07, 6.45) is 2.90. The highest BCUT2D eigenvalue weighted by Gasteiger charge is 2.29. The monoisotopic (exact) mass is 227 g/mol. The van der Waals surface area contributed by atoms with Crippen molar-refractivity contribution in [2.75, 3.05) is 0 Å². The molecule has 1 saturated carbocycles. The molecule has 0 aromatic carbocycles. The Balaban J connectivity index is 2.38. The molecule has 92 valence electrons. The maximum Gasteiger partial charge on any atom is 0.306 e. The van der Waals surface area contributed by atoms with E-state index in [4.69, 9.17) is 5.11 Å². The highest BCUT2D eigenvalue weighted by atomic mass is 16.4. The van der Waals surface area contributed by atoms with Gasteiger partial charge in [0.25, 0.3) is 0 Å². The number of carboxylic acid groups (broad SMARTS) is 1. The Labute approximate surface area is 96.4 Å². The fourth-order valence-electron chi connectivity index (χ4n) is 1.89. The molecule has 0 heterocycles.